The number of ether oxygens (including phenoxy) is 1. The van der Waals surface area contributed by atoms with Crippen molar-refractivity contribution >= 4 is 16.7 Å². The molecule has 4 rings (SSSR count). The largest absolute Gasteiger partial charge is 0.416 e. The number of hydrogen-bond donors (Lipinski definition) is 1. The van der Waals surface area contributed by atoms with Gasteiger partial charge in [-0.15, -0.1) is 0 Å². The van der Waals surface area contributed by atoms with Gasteiger partial charge in [-0.2, -0.15) is 18.3 Å². The maximum atomic E-state index is 13.2. The molecule has 180 valence electrons. The molecule has 0 saturated carbocycles. The molecule has 1 aliphatic heterocycles. The number of aryl methyl sites for hydroxylation is 1. The minimum atomic E-state index is -4.42. The van der Waals surface area contributed by atoms with Gasteiger partial charge in [0.05, 0.1) is 30.2 Å². The van der Waals surface area contributed by atoms with E-state index in [1.807, 2.05) is 0 Å². The van der Waals surface area contributed by atoms with E-state index in [1.54, 1.807) is 31.2 Å². The van der Waals surface area contributed by atoms with E-state index in [4.69, 9.17) is 4.74 Å². The number of amides is 1. The highest BCUT2D eigenvalue weighted by Gasteiger charge is 2.31. The Morgan fingerprint density at radius 1 is 1.09 bits per heavy atom. The number of aromatic nitrogens is 2. The Kier molecular flexibility index (Phi) is 6.99. The summed E-state index contributed by atoms with van der Waals surface area (Å²) in [6.45, 7) is 4.41. The zero-order valence-electron chi connectivity index (χ0n) is 18.6. The third kappa shape index (κ3) is 4.97. The maximum Gasteiger partial charge on any atom is 0.416 e. The fourth-order valence-electron chi connectivity index (χ4n) is 4.13. The minimum absolute atomic E-state index is 0.130. The van der Waals surface area contributed by atoms with Crippen LogP contribution in [0.5, 0.6) is 0 Å². The van der Waals surface area contributed by atoms with Gasteiger partial charge in [0, 0.05) is 31.6 Å². The number of benzene rings is 2. The molecule has 7 nitrogen and oxygen atoms in total. The van der Waals surface area contributed by atoms with E-state index >= 15 is 0 Å². The molecule has 2 aromatic carbocycles. The quantitative estimate of drug-likeness (QED) is 0.594. The highest BCUT2D eigenvalue weighted by molar-refractivity contribution is 6.04. The summed E-state index contributed by atoms with van der Waals surface area (Å²) in [7, 11) is 0. The van der Waals surface area contributed by atoms with Gasteiger partial charge in [0.15, 0.2) is 5.69 Å². The molecule has 1 amide bonds. The lowest BCUT2D eigenvalue weighted by Gasteiger charge is -2.35. The summed E-state index contributed by atoms with van der Waals surface area (Å²) in [6, 6.07) is 11.4. The number of carbonyl (C=O) groups is 1. The molecule has 0 aliphatic carbocycles. The Balaban J connectivity index is 1.61. The highest BCUT2D eigenvalue weighted by atomic mass is 19.4. The molecular weight excluding hydrogens is 449 g/mol. The van der Waals surface area contributed by atoms with Gasteiger partial charge < -0.3 is 10.1 Å². The van der Waals surface area contributed by atoms with E-state index < -0.39 is 17.6 Å². The van der Waals surface area contributed by atoms with Gasteiger partial charge in [0.1, 0.15) is 0 Å². The van der Waals surface area contributed by atoms with Crippen LogP contribution in [-0.2, 0) is 17.5 Å². The maximum absolute atomic E-state index is 13.2. The molecule has 1 fully saturated rings. The lowest BCUT2D eigenvalue weighted by atomic mass is 10.0. The fraction of sp³-hybridized carbons (Fsp3) is 0.375. The molecule has 10 heteroatoms. The number of alkyl halides is 3. The van der Waals surface area contributed by atoms with Crippen molar-refractivity contribution in [1.82, 2.24) is 20.0 Å². The van der Waals surface area contributed by atoms with E-state index in [-0.39, 0.29) is 23.8 Å². The van der Waals surface area contributed by atoms with Crippen LogP contribution in [0.15, 0.2) is 53.3 Å². The highest BCUT2D eigenvalue weighted by Crippen LogP contribution is 2.31. The second-order valence-corrected chi connectivity index (χ2v) is 8.01. The van der Waals surface area contributed by atoms with Crippen LogP contribution in [0.2, 0.25) is 0 Å². The summed E-state index contributed by atoms with van der Waals surface area (Å²) in [4.78, 5) is 27.8. The van der Waals surface area contributed by atoms with Gasteiger partial charge in [-0.05, 0) is 30.7 Å². The van der Waals surface area contributed by atoms with Gasteiger partial charge in [-0.25, -0.2) is 4.68 Å². The van der Waals surface area contributed by atoms with Crippen molar-refractivity contribution < 1.29 is 22.7 Å². The summed E-state index contributed by atoms with van der Waals surface area (Å²) in [5.74, 6) is -0.455. The average Bonchev–Trinajstić information content (AvgIpc) is 2.85. The number of fused-ring (bicyclic) bond motifs is 1. The summed E-state index contributed by atoms with van der Waals surface area (Å²) in [5.41, 5.74) is -0.208. The summed E-state index contributed by atoms with van der Waals surface area (Å²) in [6.07, 6.45) is -4.42. The number of carbonyl (C=O) groups excluding carboxylic acids is 1. The van der Waals surface area contributed by atoms with Crippen LogP contribution in [0, 0.1) is 0 Å². The number of rotatable bonds is 6. The van der Waals surface area contributed by atoms with Gasteiger partial charge in [-0.1, -0.05) is 30.3 Å². The second kappa shape index (κ2) is 9.94. The molecule has 3 aromatic rings. The Hall–Kier alpha value is -3.24. The molecule has 1 aliphatic rings. The minimum Gasteiger partial charge on any atom is -0.379 e. The summed E-state index contributed by atoms with van der Waals surface area (Å²) in [5, 5.41) is 7.99. The van der Waals surface area contributed by atoms with Crippen LogP contribution < -0.4 is 10.9 Å². The normalized spacial score (nSPS) is 15.9. The predicted octanol–water partition coefficient (Wildman–Crippen LogP) is 3.24. The third-order valence-corrected chi connectivity index (χ3v) is 5.95. The molecular formula is C24H25F3N4O3. The predicted molar refractivity (Wildman–Crippen MR) is 121 cm³/mol. The van der Waals surface area contributed by atoms with Crippen LogP contribution in [0.1, 0.15) is 34.6 Å². The lowest BCUT2D eigenvalue weighted by molar-refractivity contribution is -0.137. The first-order valence-electron chi connectivity index (χ1n) is 11.1. The van der Waals surface area contributed by atoms with Crippen molar-refractivity contribution in [2.45, 2.75) is 25.7 Å². The second-order valence-electron chi connectivity index (χ2n) is 8.01. The first kappa shape index (κ1) is 23.9. The lowest BCUT2D eigenvalue weighted by Crippen LogP contribution is -2.44. The Morgan fingerprint density at radius 3 is 2.35 bits per heavy atom. The Bertz CT molecular complexity index is 1220. The third-order valence-electron chi connectivity index (χ3n) is 5.95. The van der Waals surface area contributed by atoms with E-state index in [9.17, 15) is 22.8 Å². The molecule has 0 spiro atoms. The number of nitrogens with zero attached hydrogens (tertiary/aromatic N) is 3. The smallest absolute Gasteiger partial charge is 0.379 e. The van der Waals surface area contributed by atoms with E-state index in [2.05, 4.69) is 15.3 Å². The fourth-order valence-corrected chi connectivity index (χ4v) is 4.13. The topological polar surface area (TPSA) is 76.5 Å². The zero-order valence-corrected chi connectivity index (χ0v) is 18.6. The molecule has 2 heterocycles. The average molecular weight is 474 g/mol. The van der Waals surface area contributed by atoms with Crippen molar-refractivity contribution in [2.24, 2.45) is 0 Å². The Labute approximate surface area is 194 Å². The van der Waals surface area contributed by atoms with Crippen molar-refractivity contribution in [3.05, 3.63) is 75.7 Å². The van der Waals surface area contributed by atoms with Crippen LogP contribution in [0.4, 0.5) is 13.2 Å². The number of halogens is 3. The van der Waals surface area contributed by atoms with Crippen LogP contribution in [0.25, 0.3) is 10.8 Å². The number of hydrogen-bond acceptors (Lipinski definition) is 5. The zero-order chi connectivity index (χ0) is 24.3. The van der Waals surface area contributed by atoms with Crippen molar-refractivity contribution in [3.8, 4) is 0 Å². The molecule has 1 aromatic heterocycles. The molecule has 1 saturated heterocycles. The van der Waals surface area contributed by atoms with Crippen molar-refractivity contribution in [3.63, 3.8) is 0 Å². The van der Waals surface area contributed by atoms with E-state index in [1.165, 1.54) is 16.8 Å². The SMILES string of the molecule is CCn1nc(C(=O)NCC(c2ccc(C(F)(F)F)cc2)N2CCOCC2)c2ccccc2c1=O. The first-order chi connectivity index (χ1) is 16.3. The summed E-state index contributed by atoms with van der Waals surface area (Å²) >= 11 is 0. The van der Waals surface area contributed by atoms with Crippen molar-refractivity contribution in [1.29, 1.82) is 0 Å². The molecule has 1 N–H and O–H groups in total. The van der Waals surface area contributed by atoms with Crippen molar-refractivity contribution in [2.75, 3.05) is 32.8 Å². The molecule has 0 radical (unpaired) electrons. The van der Waals surface area contributed by atoms with Gasteiger partial charge in [0.2, 0.25) is 0 Å². The van der Waals surface area contributed by atoms with Crippen LogP contribution >= 0.6 is 0 Å². The standard InChI is InChI=1S/C24H25F3N4O3/c1-2-31-23(33)19-6-4-3-5-18(19)21(29-31)22(32)28-15-20(30-11-13-34-14-12-30)16-7-9-17(10-8-16)24(25,26)27/h3-10,20H,2,11-15H2,1H3,(H,28,32). The molecule has 1 atom stereocenters. The van der Waals surface area contributed by atoms with Crippen LogP contribution in [-0.4, -0.2) is 53.4 Å². The Morgan fingerprint density at radius 2 is 1.74 bits per heavy atom. The van der Waals surface area contributed by atoms with Gasteiger partial charge in [0.25, 0.3) is 11.5 Å². The monoisotopic (exact) mass is 474 g/mol. The molecule has 34 heavy (non-hydrogen) atoms. The van der Waals surface area contributed by atoms with E-state index in [0.717, 1.165) is 12.1 Å². The number of morpholine rings is 1. The van der Waals surface area contributed by atoms with Gasteiger partial charge >= 0.3 is 6.18 Å². The molecule has 1 unspecified atom stereocenters. The number of nitrogens with one attached hydrogen (secondary N) is 1. The first-order valence-corrected chi connectivity index (χ1v) is 11.1. The molecule has 0 bridgehead atoms. The summed E-state index contributed by atoms with van der Waals surface area (Å²) < 4.78 is 45.7. The van der Waals surface area contributed by atoms with Gasteiger partial charge in [-0.3, -0.25) is 14.5 Å². The van der Waals surface area contributed by atoms with E-state index in [0.29, 0.717) is 49.2 Å². The van der Waals surface area contributed by atoms with Crippen LogP contribution in [0.3, 0.4) is 0 Å².